The Morgan fingerprint density at radius 3 is 2.44 bits per heavy atom. The number of carbonyl (C=O) groups is 3. The summed E-state index contributed by atoms with van der Waals surface area (Å²) in [6.45, 7) is 3.60. The molecule has 0 bridgehead atoms. The Labute approximate surface area is 105 Å². The van der Waals surface area contributed by atoms with Crippen LogP contribution in [0.1, 0.15) is 27.8 Å². The third-order valence-electron chi connectivity index (χ3n) is 3.07. The largest absolute Gasteiger partial charge is 0.356 e. The zero-order valence-corrected chi connectivity index (χ0v) is 10.2. The molecular formula is C12H15N3O3. The van der Waals surface area contributed by atoms with E-state index in [4.69, 9.17) is 0 Å². The minimum absolute atomic E-state index is 0.0731. The van der Waals surface area contributed by atoms with Crippen LogP contribution in [0.5, 0.6) is 0 Å². The molecule has 1 fully saturated rings. The molecule has 0 aromatic carbocycles. The van der Waals surface area contributed by atoms with Crippen LogP contribution in [0.2, 0.25) is 0 Å². The molecule has 0 radical (unpaired) electrons. The Bertz CT molecular complexity index is 473. The van der Waals surface area contributed by atoms with Gasteiger partial charge in [0.2, 0.25) is 6.41 Å². The number of carbonyl (C=O) groups excluding carboxylic acids is 3. The molecule has 2 amide bonds. The van der Waals surface area contributed by atoms with Gasteiger partial charge in [-0.2, -0.15) is 0 Å². The number of rotatable bonds is 3. The van der Waals surface area contributed by atoms with Gasteiger partial charge in [-0.1, -0.05) is 0 Å². The van der Waals surface area contributed by atoms with Crippen LogP contribution in [0, 0.1) is 0 Å². The molecule has 0 unspecified atom stereocenters. The van der Waals surface area contributed by atoms with E-state index < -0.39 is 0 Å². The van der Waals surface area contributed by atoms with Crippen molar-refractivity contribution >= 4 is 18.1 Å². The van der Waals surface area contributed by atoms with Gasteiger partial charge in [-0.3, -0.25) is 14.4 Å². The second-order valence-corrected chi connectivity index (χ2v) is 4.29. The summed E-state index contributed by atoms with van der Waals surface area (Å²) < 4.78 is 0. The maximum atomic E-state index is 12.1. The van der Waals surface area contributed by atoms with Crippen molar-refractivity contribution in [1.29, 1.82) is 0 Å². The van der Waals surface area contributed by atoms with Crippen molar-refractivity contribution in [3.63, 3.8) is 0 Å². The van der Waals surface area contributed by atoms with E-state index in [9.17, 15) is 14.4 Å². The lowest BCUT2D eigenvalue weighted by atomic mass is 10.2. The van der Waals surface area contributed by atoms with E-state index in [0.717, 1.165) is 6.41 Å². The number of piperazine rings is 1. The number of ketones is 1. The van der Waals surface area contributed by atoms with Crippen molar-refractivity contribution in [2.24, 2.45) is 0 Å². The first-order chi connectivity index (χ1) is 8.61. The lowest BCUT2D eigenvalue weighted by Gasteiger charge is -2.32. The molecule has 0 saturated carbocycles. The highest BCUT2D eigenvalue weighted by atomic mass is 16.2. The summed E-state index contributed by atoms with van der Waals surface area (Å²) in [5.41, 5.74) is 0.921. The number of aromatic amines is 1. The monoisotopic (exact) mass is 249 g/mol. The third kappa shape index (κ3) is 2.42. The molecule has 0 spiro atoms. The van der Waals surface area contributed by atoms with Gasteiger partial charge in [0.05, 0.1) is 0 Å². The predicted molar refractivity (Wildman–Crippen MR) is 64.3 cm³/mol. The van der Waals surface area contributed by atoms with Crippen LogP contribution in [-0.2, 0) is 4.79 Å². The quantitative estimate of drug-likeness (QED) is 0.611. The number of nitrogens with zero attached hydrogens (tertiary/aromatic N) is 2. The van der Waals surface area contributed by atoms with Crippen molar-refractivity contribution in [2.45, 2.75) is 6.92 Å². The summed E-state index contributed by atoms with van der Waals surface area (Å²) in [6.07, 6.45) is 2.33. The van der Waals surface area contributed by atoms with Crippen LogP contribution < -0.4 is 0 Å². The normalized spacial score (nSPS) is 15.6. The molecule has 18 heavy (non-hydrogen) atoms. The Balaban J connectivity index is 2.03. The summed E-state index contributed by atoms with van der Waals surface area (Å²) in [5, 5.41) is 0. The highest BCUT2D eigenvalue weighted by molar-refractivity contribution is 5.99. The first-order valence-corrected chi connectivity index (χ1v) is 5.80. The molecule has 6 nitrogen and oxygen atoms in total. The highest BCUT2D eigenvalue weighted by Crippen LogP contribution is 2.09. The fourth-order valence-corrected chi connectivity index (χ4v) is 1.92. The number of amides is 2. The van der Waals surface area contributed by atoms with Gasteiger partial charge in [-0.05, 0) is 13.0 Å². The van der Waals surface area contributed by atoms with E-state index in [0.29, 0.717) is 37.4 Å². The Kier molecular flexibility index (Phi) is 3.45. The zero-order valence-electron chi connectivity index (χ0n) is 10.2. The van der Waals surface area contributed by atoms with Gasteiger partial charge < -0.3 is 14.8 Å². The SMILES string of the molecule is CC(=O)c1c[nH]c(C(=O)N2CCN(C=O)CC2)c1. The second kappa shape index (κ2) is 5.03. The van der Waals surface area contributed by atoms with Crippen LogP contribution in [0.15, 0.2) is 12.3 Å². The number of aromatic nitrogens is 1. The molecule has 1 aliphatic heterocycles. The van der Waals surface area contributed by atoms with Crippen LogP contribution in [0.25, 0.3) is 0 Å². The van der Waals surface area contributed by atoms with Gasteiger partial charge in [0.25, 0.3) is 5.91 Å². The van der Waals surface area contributed by atoms with Crippen LogP contribution in [-0.4, -0.2) is 59.1 Å². The van der Waals surface area contributed by atoms with E-state index in [2.05, 4.69) is 4.98 Å². The van der Waals surface area contributed by atoms with Crippen molar-refractivity contribution in [1.82, 2.24) is 14.8 Å². The Hall–Kier alpha value is -2.11. The van der Waals surface area contributed by atoms with Crippen LogP contribution >= 0.6 is 0 Å². The topological polar surface area (TPSA) is 73.5 Å². The minimum Gasteiger partial charge on any atom is -0.356 e. The molecule has 1 aliphatic rings. The summed E-state index contributed by atoms with van der Waals surface area (Å²) in [7, 11) is 0. The number of nitrogens with one attached hydrogen (secondary N) is 1. The fraction of sp³-hybridized carbons (Fsp3) is 0.417. The number of Topliss-reactive ketones (excluding diaryl/α,β-unsaturated/α-hetero) is 1. The molecule has 1 saturated heterocycles. The summed E-state index contributed by atoms with van der Waals surface area (Å²) in [5.74, 6) is -0.205. The number of H-pyrrole nitrogens is 1. The number of hydrogen-bond acceptors (Lipinski definition) is 3. The highest BCUT2D eigenvalue weighted by Gasteiger charge is 2.22. The van der Waals surface area contributed by atoms with Gasteiger partial charge in [-0.25, -0.2) is 0 Å². The first-order valence-electron chi connectivity index (χ1n) is 5.80. The molecule has 1 aromatic rings. The smallest absolute Gasteiger partial charge is 0.270 e. The molecule has 0 atom stereocenters. The molecule has 1 aromatic heterocycles. The molecule has 2 rings (SSSR count). The van der Waals surface area contributed by atoms with E-state index in [-0.39, 0.29) is 11.7 Å². The molecular weight excluding hydrogens is 234 g/mol. The van der Waals surface area contributed by atoms with E-state index in [1.165, 1.54) is 13.1 Å². The van der Waals surface area contributed by atoms with E-state index in [1.807, 2.05) is 0 Å². The number of hydrogen-bond donors (Lipinski definition) is 1. The molecule has 2 heterocycles. The summed E-state index contributed by atoms with van der Waals surface area (Å²) in [6, 6.07) is 1.57. The molecule has 1 N–H and O–H groups in total. The zero-order chi connectivity index (χ0) is 13.1. The van der Waals surface area contributed by atoms with E-state index in [1.54, 1.807) is 15.9 Å². The lowest BCUT2D eigenvalue weighted by molar-refractivity contribution is -0.119. The predicted octanol–water partition coefficient (Wildman–Crippen LogP) is 0.131. The fourth-order valence-electron chi connectivity index (χ4n) is 1.92. The maximum Gasteiger partial charge on any atom is 0.270 e. The van der Waals surface area contributed by atoms with Gasteiger partial charge in [-0.15, -0.1) is 0 Å². The third-order valence-corrected chi connectivity index (χ3v) is 3.07. The maximum absolute atomic E-state index is 12.1. The second-order valence-electron chi connectivity index (χ2n) is 4.29. The lowest BCUT2D eigenvalue weighted by Crippen LogP contribution is -2.48. The first kappa shape index (κ1) is 12.3. The average Bonchev–Trinajstić information content (AvgIpc) is 2.88. The van der Waals surface area contributed by atoms with Gasteiger partial charge in [0.15, 0.2) is 5.78 Å². The van der Waals surface area contributed by atoms with Gasteiger partial charge in [0, 0.05) is 37.9 Å². The van der Waals surface area contributed by atoms with E-state index >= 15 is 0 Å². The average molecular weight is 249 g/mol. The van der Waals surface area contributed by atoms with Crippen molar-refractivity contribution in [2.75, 3.05) is 26.2 Å². The van der Waals surface area contributed by atoms with Crippen molar-refractivity contribution in [3.8, 4) is 0 Å². The van der Waals surface area contributed by atoms with Crippen LogP contribution in [0.4, 0.5) is 0 Å². The van der Waals surface area contributed by atoms with Gasteiger partial charge in [0.1, 0.15) is 5.69 Å². The van der Waals surface area contributed by atoms with Gasteiger partial charge >= 0.3 is 0 Å². The Morgan fingerprint density at radius 2 is 1.94 bits per heavy atom. The summed E-state index contributed by atoms with van der Waals surface area (Å²) in [4.78, 5) is 39.9. The van der Waals surface area contributed by atoms with Crippen molar-refractivity contribution < 1.29 is 14.4 Å². The van der Waals surface area contributed by atoms with Crippen molar-refractivity contribution in [3.05, 3.63) is 23.5 Å². The van der Waals surface area contributed by atoms with Crippen LogP contribution in [0.3, 0.4) is 0 Å². The Morgan fingerprint density at radius 1 is 1.28 bits per heavy atom. The standard InChI is InChI=1S/C12H15N3O3/c1-9(17)10-6-11(13-7-10)12(18)15-4-2-14(8-16)3-5-15/h6-8,13H,2-5H2,1H3. The molecule has 96 valence electrons. The molecule has 0 aliphatic carbocycles. The molecule has 6 heteroatoms. The minimum atomic E-state index is -0.131. The summed E-state index contributed by atoms with van der Waals surface area (Å²) >= 11 is 0.